The minimum Gasteiger partial charge on any atom is -0.489 e. The minimum absolute atomic E-state index is 0.0843. The van der Waals surface area contributed by atoms with Gasteiger partial charge in [-0.1, -0.05) is 85.0 Å². The third kappa shape index (κ3) is 5.06. The summed E-state index contributed by atoms with van der Waals surface area (Å²) in [7, 11) is 0. The molecule has 31 heavy (non-hydrogen) atoms. The van der Waals surface area contributed by atoms with Crippen molar-refractivity contribution in [2.24, 2.45) is 0 Å². The highest BCUT2D eigenvalue weighted by atomic mass is 32.2. The summed E-state index contributed by atoms with van der Waals surface area (Å²) in [6, 6.07) is 24.0. The molecule has 1 fully saturated rings. The highest BCUT2D eigenvalue weighted by molar-refractivity contribution is 8.27. The first kappa shape index (κ1) is 21.3. The SMILES string of the molecule is CCc1ccc(N2C(=O)/C(=C/c3ccc(OCc4ccc(C)cc4)cc3)SC2=S)cc1. The molecule has 1 saturated heterocycles. The summed E-state index contributed by atoms with van der Waals surface area (Å²) in [5.74, 6) is 0.709. The van der Waals surface area contributed by atoms with Crippen LogP contribution in [-0.4, -0.2) is 10.2 Å². The van der Waals surface area contributed by atoms with Gasteiger partial charge in [-0.15, -0.1) is 0 Å². The van der Waals surface area contributed by atoms with Crippen LogP contribution in [0.25, 0.3) is 6.08 Å². The van der Waals surface area contributed by atoms with Crippen molar-refractivity contribution < 1.29 is 9.53 Å². The Morgan fingerprint density at radius 2 is 1.58 bits per heavy atom. The van der Waals surface area contributed by atoms with Gasteiger partial charge in [0.2, 0.25) is 0 Å². The molecule has 156 valence electrons. The topological polar surface area (TPSA) is 29.5 Å². The van der Waals surface area contributed by atoms with Crippen molar-refractivity contribution >= 4 is 46.0 Å². The van der Waals surface area contributed by atoms with Crippen LogP contribution in [0.2, 0.25) is 0 Å². The lowest BCUT2D eigenvalue weighted by Gasteiger charge is -2.14. The molecule has 0 bridgehead atoms. The van der Waals surface area contributed by atoms with Gasteiger partial charge in [0.05, 0.1) is 10.6 Å². The fourth-order valence-electron chi connectivity index (χ4n) is 3.23. The molecule has 0 aromatic heterocycles. The van der Waals surface area contributed by atoms with Crippen LogP contribution in [0.5, 0.6) is 5.75 Å². The van der Waals surface area contributed by atoms with Crippen molar-refractivity contribution in [1.29, 1.82) is 0 Å². The number of nitrogens with zero attached hydrogens (tertiary/aromatic N) is 1. The molecule has 0 unspecified atom stereocenters. The molecule has 1 heterocycles. The van der Waals surface area contributed by atoms with Crippen LogP contribution in [0, 0.1) is 6.92 Å². The lowest BCUT2D eigenvalue weighted by atomic mass is 10.1. The Morgan fingerprint density at radius 3 is 2.23 bits per heavy atom. The lowest BCUT2D eigenvalue weighted by molar-refractivity contribution is -0.113. The molecule has 0 spiro atoms. The number of carbonyl (C=O) groups is 1. The predicted molar refractivity (Wildman–Crippen MR) is 133 cm³/mol. The highest BCUT2D eigenvalue weighted by Crippen LogP contribution is 2.36. The second-order valence-electron chi connectivity index (χ2n) is 7.38. The maximum Gasteiger partial charge on any atom is 0.270 e. The third-order valence-electron chi connectivity index (χ3n) is 5.10. The Bertz CT molecular complexity index is 1120. The van der Waals surface area contributed by atoms with Gasteiger partial charge in [-0.3, -0.25) is 9.69 Å². The summed E-state index contributed by atoms with van der Waals surface area (Å²) in [5.41, 5.74) is 5.34. The number of hydrogen-bond donors (Lipinski definition) is 0. The summed E-state index contributed by atoms with van der Waals surface area (Å²) >= 11 is 6.80. The Kier molecular flexibility index (Phi) is 6.54. The van der Waals surface area contributed by atoms with Crippen LogP contribution >= 0.6 is 24.0 Å². The van der Waals surface area contributed by atoms with E-state index in [1.165, 1.54) is 22.9 Å². The first-order chi connectivity index (χ1) is 15.0. The number of ether oxygens (including phenoxy) is 1. The molecule has 3 nitrogen and oxygen atoms in total. The van der Waals surface area contributed by atoms with Crippen LogP contribution in [0.4, 0.5) is 5.69 Å². The molecular weight excluding hydrogens is 422 g/mol. The van der Waals surface area contributed by atoms with Crippen molar-refractivity contribution in [3.05, 3.63) is 100.0 Å². The normalized spacial score (nSPS) is 15.0. The number of thioether (sulfide) groups is 1. The minimum atomic E-state index is -0.0843. The summed E-state index contributed by atoms with van der Waals surface area (Å²) in [6.07, 6.45) is 2.84. The number of thiocarbonyl (C=S) groups is 1. The molecular formula is C26H23NO2S2. The Balaban J connectivity index is 1.43. The largest absolute Gasteiger partial charge is 0.489 e. The number of rotatable bonds is 6. The summed E-state index contributed by atoms with van der Waals surface area (Å²) < 4.78 is 6.42. The van der Waals surface area contributed by atoms with Gasteiger partial charge >= 0.3 is 0 Å². The van der Waals surface area contributed by atoms with E-state index in [1.54, 1.807) is 4.90 Å². The molecule has 3 aromatic carbocycles. The standard InChI is InChI=1S/C26H23NO2S2/c1-3-19-8-12-22(13-9-19)27-25(28)24(31-26(27)30)16-20-10-14-23(15-11-20)29-17-21-6-4-18(2)5-7-21/h4-16H,3,17H2,1-2H3/b24-16-. The van der Waals surface area contributed by atoms with Crippen LogP contribution in [-0.2, 0) is 17.8 Å². The second kappa shape index (κ2) is 9.50. The summed E-state index contributed by atoms with van der Waals surface area (Å²) in [5, 5.41) is 0. The van der Waals surface area contributed by atoms with Crippen molar-refractivity contribution in [2.75, 3.05) is 4.90 Å². The van der Waals surface area contributed by atoms with Crippen LogP contribution in [0.3, 0.4) is 0 Å². The molecule has 0 radical (unpaired) electrons. The Morgan fingerprint density at radius 1 is 0.935 bits per heavy atom. The monoisotopic (exact) mass is 445 g/mol. The fourth-order valence-corrected chi connectivity index (χ4v) is 4.53. The van der Waals surface area contributed by atoms with E-state index in [4.69, 9.17) is 17.0 Å². The maximum absolute atomic E-state index is 13.0. The Labute approximate surface area is 192 Å². The van der Waals surface area contributed by atoms with E-state index in [1.807, 2.05) is 54.6 Å². The van der Waals surface area contributed by atoms with Gasteiger partial charge in [-0.05, 0) is 60.4 Å². The van der Waals surface area contributed by atoms with Gasteiger partial charge in [-0.25, -0.2) is 0 Å². The first-order valence-electron chi connectivity index (χ1n) is 10.2. The number of amides is 1. The van der Waals surface area contributed by atoms with E-state index in [0.29, 0.717) is 15.8 Å². The second-order valence-corrected chi connectivity index (χ2v) is 9.06. The fraction of sp³-hybridized carbons (Fsp3) is 0.154. The number of aryl methyl sites for hydroxylation is 2. The van der Waals surface area contributed by atoms with E-state index >= 15 is 0 Å². The Hall–Kier alpha value is -2.89. The zero-order valence-electron chi connectivity index (χ0n) is 17.5. The number of benzene rings is 3. The van der Waals surface area contributed by atoms with Crippen LogP contribution in [0.15, 0.2) is 77.7 Å². The molecule has 0 saturated carbocycles. The van der Waals surface area contributed by atoms with E-state index in [9.17, 15) is 4.79 Å². The molecule has 0 aliphatic carbocycles. The van der Waals surface area contributed by atoms with E-state index in [2.05, 4.69) is 38.1 Å². The van der Waals surface area contributed by atoms with Gasteiger partial charge in [-0.2, -0.15) is 0 Å². The molecule has 1 aliphatic rings. The summed E-state index contributed by atoms with van der Waals surface area (Å²) in [6.45, 7) is 4.70. The van der Waals surface area contributed by atoms with Gasteiger partial charge in [0.25, 0.3) is 5.91 Å². The molecule has 3 aromatic rings. The number of hydrogen-bond acceptors (Lipinski definition) is 4. The molecule has 1 aliphatic heterocycles. The molecule has 5 heteroatoms. The zero-order chi connectivity index (χ0) is 21.8. The van der Waals surface area contributed by atoms with Gasteiger partial charge in [0.1, 0.15) is 12.4 Å². The number of anilines is 1. The predicted octanol–water partition coefficient (Wildman–Crippen LogP) is 6.54. The maximum atomic E-state index is 13.0. The lowest BCUT2D eigenvalue weighted by Crippen LogP contribution is -2.27. The van der Waals surface area contributed by atoms with Crippen LogP contribution < -0.4 is 9.64 Å². The average molecular weight is 446 g/mol. The highest BCUT2D eigenvalue weighted by Gasteiger charge is 2.33. The number of carbonyl (C=O) groups excluding carboxylic acids is 1. The molecule has 1 amide bonds. The average Bonchev–Trinajstić information content (AvgIpc) is 3.07. The molecule has 0 N–H and O–H groups in total. The van der Waals surface area contributed by atoms with Crippen molar-refractivity contribution in [3.8, 4) is 5.75 Å². The quantitative estimate of drug-likeness (QED) is 0.318. The van der Waals surface area contributed by atoms with Crippen molar-refractivity contribution in [1.82, 2.24) is 0 Å². The van der Waals surface area contributed by atoms with Gasteiger partial charge in [0, 0.05) is 0 Å². The van der Waals surface area contributed by atoms with Gasteiger partial charge in [0.15, 0.2) is 4.32 Å². The zero-order valence-corrected chi connectivity index (χ0v) is 19.1. The molecule has 0 atom stereocenters. The van der Waals surface area contributed by atoms with Gasteiger partial charge < -0.3 is 4.74 Å². The van der Waals surface area contributed by atoms with Crippen molar-refractivity contribution in [3.63, 3.8) is 0 Å². The first-order valence-corrected chi connectivity index (χ1v) is 11.4. The van der Waals surface area contributed by atoms with E-state index < -0.39 is 0 Å². The molecule has 4 rings (SSSR count). The van der Waals surface area contributed by atoms with E-state index in [0.717, 1.165) is 29.0 Å². The smallest absolute Gasteiger partial charge is 0.270 e. The summed E-state index contributed by atoms with van der Waals surface area (Å²) in [4.78, 5) is 15.2. The van der Waals surface area contributed by atoms with Crippen molar-refractivity contribution in [2.45, 2.75) is 26.9 Å². The van der Waals surface area contributed by atoms with E-state index in [-0.39, 0.29) is 5.91 Å². The third-order valence-corrected chi connectivity index (χ3v) is 6.40. The van der Waals surface area contributed by atoms with Crippen LogP contribution in [0.1, 0.15) is 29.2 Å².